The minimum atomic E-state index is -0.0617. The van der Waals surface area contributed by atoms with Gasteiger partial charge in [0, 0.05) is 18.2 Å². The van der Waals surface area contributed by atoms with Gasteiger partial charge in [-0.1, -0.05) is 25.1 Å². The van der Waals surface area contributed by atoms with Crippen LogP contribution in [0.1, 0.15) is 35.3 Å². The fraction of sp³-hybridized carbons (Fsp3) is 0.500. The van der Waals surface area contributed by atoms with Crippen LogP contribution in [0.25, 0.3) is 0 Å². The number of hydrogen-bond acceptors (Lipinski definition) is 2. The Morgan fingerprint density at radius 1 is 1.29 bits per heavy atom. The molecule has 0 saturated carbocycles. The fourth-order valence-corrected chi connectivity index (χ4v) is 1.75. The molecule has 94 valence electrons. The SMILES string of the molecule is Cc1cccc(C)c1C(=O)N[C@@H](C)[C@@H](C)CO. The Bertz CT molecular complexity index is 381. The summed E-state index contributed by atoms with van der Waals surface area (Å²) in [5.41, 5.74) is 2.70. The van der Waals surface area contributed by atoms with E-state index in [2.05, 4.69) is 5.32 Å². The number of hydrogen-bond donors (Lipinski definition) is 2. The van der Waals surface area contributed by atoms with E-state index in [9.17, 15) is 4.79 Å². The summed E-state index contributed by atoms with van der Waals surface area (Å²) in [7, 11) is 0. The Morgan fingerprint density at radius 3 is 2.29 bits per heavy atom. The van der Waals surface area contributed by atoms with Crippen molar-refractivity contribution in [2.45, 2.75) is 33.7 Å². The Morgan fingerprint density at radius 2 is 1.82 bits per heavy atom. The molecule has 17 heavy (non-hydrogen) atoms. The van der Waals surface area contributed by atoms with Crippen LogP contribution in [0.2, 0.25) is 0 Å². The first-order valence-electron chi connectivity index (χ1n) is 5.95. The first-order valence-corrected chi connectivity index (χ1v) is 5.95. The Kier molecular flexibility index (Phi) is 4.70. The van der Waals surface area contributed by atoms with Gasteiger partial charge in [-0.2, -0.15) is 0 Å². The summed E-state index contributed by atoms with van der Waals surface area (Å²) >= 11 is 0. The fourth-order valence-electron chi connectivity index (χ4n) is 1.75. The summed E-state index contributed by atoms with van der Waals surface area (Å²) < 4.78 is 0. The lowest BCUT2D eigenvalue weighted by Gasteiger charge is -2.20. The normalized spacial score (nSPS) is 14.2. The molecule has 0 aliphatic rings. The maximum Gasteiger partial charge on any atom is 0.252 e. The van der Waals surface area contributed by atoms with Crippen LogP contribution in [-0.2, 0) is 0 Å². The average Bonchev–Trinajstić information content (AvgIpc) is 2.27. The molecule has 3 nitrogen and oxygen atoms in total. The van der Waals surface area contributed by atoms with Crippen LogP contribution in [0.3, 0.4) is 0 Å². The van der Waals surface area contributed by atoms with Crippen LogP contribution in [-0.4, -0.2) is 23.7 Å². The minimum absolute atomic E-state index is 0.0356. The second kappa shape index (κ2) is 5.82. The molecule has 1 rings (SSSR count). The number of benzene rings is 1. The van der Waals surface area contributed by atoms with Gasteiger partial charge in [0.1, 0.15) is 0 Å². The molecule has 0 heterocycles. The smallest absolute Gasteiger partial charge is 0.252 e. The van der Waals surface area contributed by atoms with Crippen molar-refractivity contribution in [1.82, 2.24) is 5.32 Å². The van der Waals surface area contributed by atoms with Crippen molar-refractivity contribution in [2.75, 3.05) is 6.61 Å². The molecule has 0 fully saturated rings. The zero-order valence-electron chi connectivity index (χ0n) is 10.9. The molecule has 1 amide bonds. The highest BCUT2D eigenvalue weighted by molar-refractivity contribution is 5.97. The van der Waals surface area contributed by atoms with E-state index in [0.29, 0.717) is 0 Å². The van der Waals surface area contributed by atoms with Crippen molar-refractivity contribution in [3.8, 4) is 0 Å². The number of aliphatic hydroxyl groups is 1. The van der Waals surface area contributed by atoms with Crippen molar-refractivity contribution in [2.24, 2.45) is 5.92 Å². The minimum Gasteiger partial charge on any atom is -0.396 e. The molecule has 0 spiro atoms. The van der Waals surface area contributed by atoms with E-state index >= 15 is 0 Å². The van der Waals surface area contributed by atoms with Crippen molar-refractivity contribution in [3.05, 3.63) is 34.9 Å². The molecule has 0 aromatic heterocycles. The maximum atomic E-state index is 12.1. The third kappa shape index (κ3) is 3.30. The third-order valence-electron chi connectivity index (χ3n) is 3.21. The van der Waals surface area contributed by atoms with Gasteiger partial charge in [-0.05, 0) is 37.8 Å². The lowest BCUT2D eigenvalue weighted by molar-refractivity contribution is 0.0915. The molecule has 0 unspecified atom stereocenters. The van der Waals surface area contributed by atoms with Gasteiger partial charge in [0.25, 0.3) is 5.91 Å². The average molecular weight is 235 g/mol. The Labute approximate surface area is 103 Å². The molecular formula is C14H21NO2. The largest absolute Gasteiger partial charge is 0.396 e. The molecule has 0 aliphatic carbocycles. The summed E-state index contributed by atoms with van der Waals surface area (Å²) in [5.74, 6) is -0.00308. The molecule has 0 aliphatic heterocycles. The molecule has 0 bridgehead atoms. The number of rotatable bonds is 4. The summed E-state index contributed by atoms with van der Waals surface area (Å²) in [4.78, 5) is 12.1. The highest BCUT2D eigenvalue weighted by Gasteiger charge is 2.17. The number of carbonyl (C=O) groups excluding carboxylic acids is 1. The van der Waals surface area contributed by atoms with Crippen LogP contribution in [0, 0.1) is 19.8 Å². The molecular weight excluding hydrogens is 214 g/mol. The van der Waals surface area contributed by atoms with Crippen LogP contribution in [0.5, 0.6) is 0 Å². The van der Waals surface area contributed by atoms with Crippen molar-refractivity contribution < 1.29 is 9.90 Å². The molecule has 3 heteroatoms. The van der Waals surface area contributed by atoms with Crippen molar-refractivity contribution in [3.63, 3.8) is 0 Å². The summed E-state index contributed by atoms with van der Waals surface area (Å²) in [5, 5.41) is 12.0. The summed E-state index contributed by atoms with van der Waals surface area (Å²) in [6.45, 7) is 7.76. The predicted molar refractivity (Wildman–Crippen MR) is 69.1 cm³/mol. The highest BCUT2D eigenvalue weighted by Crippen LogP contribution is 2.14. The lowest BCUT2D eigenvalue weighted by Crippen LogP contribution is -2.38. The van der Waals surface area contributed by atoms with Gasteiger partial charge in [0.15, 0.2) is 0 Å². The standard InChI is InChI=1S/C14H21NO2/c1-9-6-5-7-10(2)13(9)14(17)15-12(4)11(3)8-16/h5-7,11-12,16H,8H2,1-4H3,(H,15,17)/t11-,12-/m0/s1. The zero-order chi connectivity index (χ0) is 13.0. The second-order valence-electron chi connectivity index (χ2n) is 4.69. The van der Waals surface area contributed by atoms with Gasteiger partial charge in [0.2, 0.25) is 0 Å². The van der Waals surface area contributed by atoms with Gasteiger partial charge in [-0.25, -0.2) is 0 Å². The highest BCUT2D eigenvalue weighted by atomic mass is 16.3. The predicted octanol–water partition coefficient (Wildman–Crippen LogP) is 2.05. The first-order chi connectivity index (χ1) is 7.97. The van der Waals surface area contributed by atoms with Crippen LogP contribution in [0.4, 0.5) is 0 Å². The summed E-state index contributed by atoms with van der Waals surface area (Å²) in [6, 6.07) is 5.78. The topological polar surface area (TPSA) is 49.3 Å². The Balaban J connectivity index is 2.84. The zero-order valence-corrected chi connectivity index (χ0v) is 10.9. The van der Waals surface area contributed by atoms with E-state index in [1.807, 2.05) is 45.9 Å². The number of carbonyl (C=O) groups is 1. The molecule has 1 aromatic rings. The number of aliphatic hydroxyl groups excluding tert-OH is 1. The van der Waals surface area contributed by atoms with Gasteiger partial charge in [-0.15, -0.1) is 0 Å². The number of aryl methyl sites for hydroxylation is 2. The van der Waals surface area contributed by atoms with Gasteiger partial charge >= 0.3 is 0 Å². The maximum absolute atomic E-state index is 12.1. The first kappa shape index (κ1) is 13.7. The van der Waals surface area contributed by atoms with Crippen LogP contribution >= 0.6 is 0 Å². The molecule has 0 radical (unpaired) electrons. The van der Waals surface area contributed by atoms with E-state index in [1.54, 1.807) is 0 Å². The second-order valence-corrected chi connectivity index (χ2v) is 4.69. The van der Waals surface area contributed by atoms with E-state index in [-0.39, 0.29) is 24.5 Å². The molecule has 2 N–H and O–H groups in total. The quantitative estimate of drug-likeness (QED) is 0.839. The molecule has 0 saturated heterocycles. The number of amides is 1. The number of nitrogens with one attached hydrogen (secondary N) is 1. The van der Waals surface area contributed by atoms with Gasteiger partial charge < -0.3 is 10.4 Å². The van der Waals surface area contributed by atoms with Crippen molar-refractivity contribution in [1.29, 1.82) is 0 Å². The van der Waals surface area contributed by atoms with Gasteiger partial charge in [-0.3, -0.25) is 4.79 Å². The van der Waals surface area contributed by atoms with Gasteiger partial charge in [0.05, 0.1) is 0 Å². The Hall–Kier alpha value is -1.35. The lowest BCUT2D eigenvalue weighted by atomic mass is 10.0. The van der Waals surface area contributed by atoms with Crippen LogP contribution < -0.4 is 5.32 Å². The third-order valence-corrected chi connectivity index (χ3v) is 3.21. The van der Waals surface area contributed by atoms with E-state index < -0.39 is 0 Å². The molecule has 2 atom stereocenters. The summed E-state index contributed by atoms with van der Waals surface area (Å²) in [6.07, 6.45) is 0. The van der Waals surface area contributed by atoms with Crippen molar-refractivity contribution >= 4 is 5.91 Å². The van der Waals surface area contributed by atoms with E-state index in [1.165, 1.54) is 0 Å². The molecule has 1 aromatic carbocycles. The van der Waals surface area contributed by atoms with E-state index in [0.717, 1.165) is 16.7 Å². The van der Waals surface area contributed by atoms with E-state index in [4.69, 9.17) is 5.11 Å². The van der Waals surface area contributed by atoms with Crippen LogP contribution in [0.15, 0.2) is 18.2 Å². The monoisotopic (exact) mass is 235 g/mol.